The molecule has 3 atom stereocenters. The Morgan fingerprint density at radius 1 is 1.11 bits per heavy atom. The van der Waals surface area contributed by atoms with Crippen molar-refractivity contribution in [3.8, 4) is 0 Å². The van der Waals surface area contributed by atoms with E-state index in [9.17, 15) is 4.79 Å². The molecule has 2 saturated carbocycles. The van der Waals surface area contributed by atoms with E-state index >= 15 is 0 Å². The van der Waals surface area contributed by atoms with Crippen molar-refractivity contribution in [1.29, 1.82) is 0 Å². The zero-order chi connectivity index (χ0) is 19.7. The van der Waals surface area contributed by atoms with Crippen LogP contribution in [0, 0.1) is 11.8 Å². The lowest BCUT2D eigenvalue weighted by Crippen LogP contribution is -2.36. The SMILES string of the molecule is CC(C)(C)OC(=O)N1C[C@H]2C[C@H](OCc3cccc(C4CCCC4)c3)C[C@H]2C1. The van der Waals surface area contributed by atoms with Gasteiger partial charge in [-0.25, -0.2) is 4.79 Å². The van der Waals surface area contributed by atoms with Crippen LogP contribution < -0.4 is 0 Å². The lowest BCUT2D eigenvalue weighted by Gasteiger charge is -2.25. The predicted molar refractivity (Wildman–Crippen MR) is 110 cm³/mol. The Balaban J connectivity index is 1.25. The largest absolute Gasteiger partial charge is 0.444 e. The van der Waals surface area contributed by atoms with E-state index in [1.54, 1.807) is 0 Å². The van der Waals surface area contributed by atoms with Gasteiger partial charge in [0.15, 0.2) is 0 Å². The van der Waals surface area contributed by atoms with Gasteiger partial charge in [-0.3, -0.25) is 0 Å². The van der Waals surface area contributed by atoms with E-state index in [4.69, 9.17) is 9.47 Å². The number of amides is 1. The van der Waals surface area contributed by atoms with Crippen LogP contribution in [0.3, 0.4) is 0 Å². The first kappa shape index (κ1) is 19.8. The summed E-state index contributed by atoms with van der Waals surface area (Å²) in [6.45, 7) is 8.11. The number of hydrogen-bond acceptors (Lipinski definition) is 3. The standard InChI is InChI=1S/C24H35NO3/c1-24(2,3)28-23(26)25-14-20-12-22(13-21(20)15-25)27-16-17-7-6-10-19(11-17)18-8-4-5-9-18/h6-7,10-11,18,20-22H,4-5,8-9,12-16H2,1-3H3/t20-,21+,22+. The molecule has 1 aromatic carbocycles. The van der Waals surface area contributed by atoms with E-state index in [1.807, 2.05) is 25.7 Å². The molecule has 2 aliphatic carbocycles. The van der Waals surface area contributed by atoms with E-state index in [2.05, 4.69) is 24.3 Å². The highest BCUT2D eigenvalue weighted by atomic mass is 16.6. The molecule has 0 unspecified atom stereocenters. The highest BCUT2D eigenvalue weighted by Gasteiger charge is 2.43. The molecule has 1 amide bonds. The second-order valence-corrected chi connectivity index (χ2v) is 10.0. The van der Waals surface area contributed by atoms with Gasteiger partial charge in [-0.15, -0.1) is 0 Å². The number of likely N-dealkylation sites (tertiary alicyclic amines) is 1. The van der Waals surface area contributed by atoms with Crippen molar-refractivity contribution in [2.75, 3.05) is 13.1 Å². The fourth-order valence-corrected chi connectivity index (χ4v) is 5.27. The van der Waals surface area contributed by atoms with E-state index in [-0.39, 0.29) is 6.09 Å². The molecular formula is C24H35NO3. The van der Waals surface area contributed by atoms with Crippen LogP contribution in [0.1, 0.15) is 76.3 Å². The van der Waals surface area contributed by atoms with Crippen LogP contribution in [-0.2, 0) is 16.1 Å². The average molecular weight is 386 g/mol. The summed E-state index contributed by atoms with van der Waals surface area (Å²) in [6, 6.07) is 9.02. The summed E-state index contributed by atoms with van der Waals surface area (Å²) in [5.41, 5.74) is 2.37. The summed E-state index contributed by atoms with van der Waals surface area (Å²) in [5.74, 6) is 1.87. The summed E-state index contributed by atoms with van der Waals surface area (Å²) in [4.78, 5) is 14.2. The van der Waals surface area contributed by atoms with Crippen LogP contribution >= 0.6 is 0 Å². The van der Waals surface area contributed by atoms with E-state index < -0.39 is 5.60 Å². The van der Waals surface area contributed by atoms with Crippen molar-refractivity contribution in [2.24, 2.45) is 11.8 Å². The summed E-state index contributed by atoms with van der Waals surface area (Å²) in [5, 5.41) is 0. The lowest BCUT2D eigenvalue weighted by atomic mass is 9.96. The summed E-state index contributed by atoms with van der Waals surface area (Å²) < 4.78 is 11.8. The lowest BCUT2D eigenvalue weighted by molar-refractivity contribution is 0.0205. The van der Waals surface area contributed by atoms with E-state index in [1.165, 1.54) is 36.8 Å². The van der Waals surface area contributed by atoms with Gasteiger partial charge in [-0.1, -0.05) is 37.1 Å². The summed E-state index contributed by atoms with van der Waals surface area (Å²) in [7, 11) is 0. The molecule has 1 aromatic rings. The third kappa shape index (κ3) is 4.71. The molecule has 4 heteroatoms. The van der Waals surface area contributed by atoms with Crippen molar-refractivity contribution >= 4 is 6.09 Å². The molecule has 0 spiro atoms. The van der Waals surface area contributed by atoms with Crippen LogP contribution in [0.5, 0.6) is 0 Å². The first-order valence-electron chi connectivity index (χ1n) is 11.1. The normalized spacial score (nSPS) is 28.0. The zero-order valence-corrected chi connectivity index (χ0v) is 17.7. The summed E-state index contributed by atoms with van der Waals surface area (Å²) in [6.07, 6.45) is 7.70. The number of carbonyl (C=O) groups excluding carboxylic acids is 1. The number of carbonyl (C=O) groups is 1. The quantitative estimate of drug-likeness (QED) is 0.686. The van der Waals surface area contributed by atoms with Gasteiger partial charge >= 0.3 is 6.09 Å². The van der Waals surface area contributed by atoms with Gasteiger partial charge in [0.2, 0.25) is 0 Å². The molecule has 4 rings (SSSR count). The van der Waals surface area contributed by atoms with Gasteiger partial charge < -0.3 is 14.4 Å². The van der Waals surface area contributed by atoms with E-state index in [0.29, 0.717) is 24.5 Å². The van der Waals surface area contributed by atoms with Crippen molar-refractivity contribution in [3.05, 3.63) is 35.4 Å². The molecule has 0 radical (unpaired) electrons. The average Bonchev–Trinajstić information content (AvgIpc) is 3.34. The molecule has 1 aliphatic heterocycles. The van der Waals surface area contributed by atoms with Crippen LogP contribution in [0.4, 0.5) is 4.79 Å². The molecule has 1 heterocycles. The Morgan fingerprint density at radius 3 is 2.43 bits per heavy atom. The maximum atomic E-state index is 12.3. The van der Waals surface area contributed by atoms with Crippen molar-refractivity contribution in [3.63, 3.8) is 0 Å². The fraction of sp³-hybridized carbons (Fsp3) is 0.708. The number of rotatable bonds is 4. The molecule has 0 N–H and O–H groups in total. The van der Waals surface area contributed by atoms with Crippen molar-refractivity contribution < 1.29 is 14.3 Å². The molecule has 3 aliphatic rings. The van der Waals surface area contributed by atoms with Crippen LogP contribution in [0.15, 0.2) is 24.3 Å². The van der Waals surface area contributed by atoms with Gasteiger partial charge in [0.1, 0.15) is 5.60 Å². The van der Waals surface area contributed by atoms with Gasteiger partial charge in [0, 0.05) is 13.1 Å². The van der Waals surface area contributed by atoms with Gasteiger partial charge in [0.25, 0.3) is 0 Å². The molecule has 28 heavy (non-hydrogen) atoms. The second-order valence-electron chi connectivity index (χ2n) is 10.0. The van der Waals surface area contributed by atoms with Crippen molar-refractivity contribution in [2.45, 2.75) is 83.5 Å². The number of fused-ring (bicyclic) bond motifs is 1. The smallest absolute Gasteiger partial charge is 0.410 e. The molecule has 0 aromatic heterocycles. The predicted octanol–water partition coefficient (Wildman–Crippen LogP) is 5.51. The monoisotopic (exact) mass is 385 g/mol. The maximum absolute atomic E-state index is 12.3. The number of nitrogens with zero attached hydrogens (tertiary/aromatic N) is 1. The fourth-order valence-electron chi connectivity index (χ4n) is 5.27. The number of ether oxygens (including phenoxy) is 2. The van der Waals surface area contributed by atoms with Crippen LogP contribution in [-0.4, -0.2) is 35.8 Å². The highest BCUT2D eigenvalue weighted by molar-refractivity contribution is 5.68. The maximum Gasteiger partial charge on any atom is 0.410 e. The van der Waals surface area contributed by atoms with Crippen LogP contribution in [0.25, 0.3) is 0 Å². The first-order valence-corrected chi connectivity index (χ1v) is 11.1. The molecule has 4 nitrogen and oxygen atoms in total. The topological polar surface area (TPSA) is 38.8 Å². The Kier molecular flexibility index (Phi) is 5.69. The number of hydrogen-bond donors (Lipinski definition) is 0. The van der Waals surface area contributed by atoms with Gasteiger partial charge in [-0.05, 0) is 75.3 Å². The van der Waals surface area contributed by atoms with Gasteiger partial charge in [0.05, 0.1) is 12.7 Å². The van der Waals surface area contributed by atoms with Crippen LogP contribution in [0.2, 0.25) is 0 Å². The Morgan fingerprint density at radius 2 is 1.79 bits per heavy atom. The highest BCUT2D eigenvalue weighted by Crippen LogP contribution is 2.40. The third-order valence-corrected chi connectivity index (χ3v) is 6.62. The van der Waals surface area contributed by atoms with Gasteiger partial charge in [-0.2, -0.15) is 0 Å². The third-order valence-electron chi connectivity index (χ3n) is 6.62. The second kappa shape index (κ2) is 8.06. The summed E-state index contributed by atoms with van der Waals surface area (Å²) >= 11 is 0. The Hall–Kier alpha value is -1.55. The Labute approximate surface area is 169 Å². The molecule has 154 valence electrons. The molecule has 3 fully saturated rings. The molecular weight excluding hydrogens is 350 g/mol. The van der Waals surface area contributed by atoms with E-state index in [0.717, 1.165) is 31.8 Å². The minimum absolute atomic E-state index is 0.164. The Bertz CT molecular complexity index is 675. The minimum atomic E-state index is -0.423. The zero-order valence-electron chi connectivity index (χ0n) is 17.7. The first-order chi connectivity index (χ1) is 13.4. The minimum Gasteiger partial charge on any atom is -0.444 e. The molecule has 1 saturated heterocycles. The number of benzene rings is 1. The van der Waals surface area contributed by atoms with Crippen molar-refractivity contribution in [1.82, 2.24) is 4.90 Å². The molecule has 0 bridgehead atoms.